The smallest absolute Gasteiger partial charge is 0.137 e. The number of hydrogen-bond donors (Lipinski definition) is 1. The molecule has 0 aromatic heterocycles. The molecule has 0 saturated carbocycles. The van der Waals surface area contributed by atoms with Gasteiger partial charge in [-0.05, 0) is 58.5 Å². The molecule has 0 spiro atoms. The van der Waals surface area contributed by atoms with Crippen molar-refractivity contribution in [1.29, 1.82) is 0 Å². The summed E-state index contributed by atoms with van der Waals surface area (Å²) in [6, 6.07) is 3.43. The molecule has 1 atom stereocenters. The molecule has 1 aromatic carbocycles. The Balaban J connectivity index is 2.52. The zero-order valence-corrected chi connectivity index (χ0v) is 8.77. The van der Waals surface area contributed by atoms with Gasteiger partial charge in [0.25, 0.3) is 0 Å². The molecule has 3 heteroatoms. The average Bonchev–Trinajstić information content (AvgIpc) is 2.09. The molecule has 0 heterocycles. The fraction of sp³-hybridized carbons (Fsp3) is 0.400. The minimum absolute atomic E-state index is 0.0198. The molecule has 70 valence electrons. The molecular weight excluding hydrogens is 233 g/mol. The first-order chi connectivity index (χ1) is 6.18. The highest BCUT2D eigenvalue weighted by atomic mass is 79.9. The first-order valence-corrected chi connectivity index (χ1v) is 5.21. The largest absolute Gasteiger partial charge is 0.324 e. The van der Waals surface area contributed by atoms with Crippen molar-refractivity contribution in [3.05, 3.63) is 33.5 Å². The van der Waals surface area contributed by atoms with Crippen molar-refractivity contribution in [2.24, 2.45) is 5.73 Å². The molecule has 1 aromatic rings. The van der Waals surface area contributed by atoms with Crippen molar-refractivity contribution in [2.45, 2.75) is 25.3 Å². The van der Waals surface area contributed by atoms with Gasteiger partial charge in [-0.2, -0.15) is 0 Å². The van der Waals surface area contributed by atoms with Gasteiger partial charge in [0.05, 0.1) is 4.47 Å². The molecule has 1 nitrogen and oxygen atoms in total. The lowest BCUT2D eigenvalue weighted by atomic mass is 9.88. The lowest BCUT2D eigenvalue weighted by molar-refractivity contribution is 0.555. The van der Waals surface area contributed by atoms with Crippen molar-refractivity contribution in [3.8, 4) is 0 Å². The van der Waals surface area contributed by atoms with E-state index in [-0.39, 0.29) is 11.9 Å². The van der Waals surface area contributed by atoms with Crippen LogP contribution in [0.5, 0.6) is 0 Å². The molecule has 0 fully saturated rings. The summed E-state index contributed by atoms with van der Waals surface area (Å²) in [5.74, 6) is -0.212. The molecule has 0 aliphatic heterocycles. The molecule has 1 unspecified atom stereocenters. The maximum absolute atomic E-state index is 13.2. The Morgan fingerprint density at radius 3 is 3.00 bits per heavy atom. The Hall–Kier alpha value is -0.410. The number of fused-ring (bicyclic) bond motifs is 1. The molecule has 13 heavy (non-hydrogen) atoms. The third-order valence-electron chi connectivity index (χ3n) is 2.54. The summed E-state index contributed by atoms with van der Waals surface area (Å²) in [5, 5.41) is 0. The molecule has 2 rings (SSSR count). The predicted molar refractivity (Wildman–Crippen MR) is 54.0 cm³/mol. The number of aryl methyl sites for hydroxylation is 1. The summed E-state index contributed by atoms with van der Waals surface area (Å²) >= 11 is 3.18. The minimum Gasteiger partial charge on any atom is -0.324 e. The van der Waals surface area contributed by atoms with E-state index in [1.807, 2.05) is 6.07 Å². The third-order valence-corrected chi connectivity index (χ3v) is 3.15. The maximum atomic E-state index is 13.2. The van der Waals surface area contributed by atoms with Gasteiger partial charge in [0.1, 0.15) is 5.82 Å². The first-order valence-electron chi connectivity index (χ1n) is 4.42. The summed E-state index contributed by atoms with van der Waals surface area (Å²) in [5.41, 5.74) is 8.05. The molecule has 0 bridgehead atoms. The third kappa shape index (κ3) is 1.63. The van der Waals surface area contributed by atoms with Crippen LogP contribution in [0, 0.1) is 5.82 Å². The molecular formula is C10H11BrFN. The molecule has 1 aliphatic rings. The number of rotatable bonds is 0. The summed E-state index contributed by atoms with van der Waals surface area (Å²) in [4.78, 5) is 0. The van der Waals surface area contributed by atoms with Crippen LogP contribution in [0.4, 0.5) is 4.39 Å². The van der Waals surface area contributed by atoms with Crippen LogP contribution >= 0.6 is 15.9 Å². The highest BCUT2D eigenvalue weighted by molar-refractivity contribution is 9.10. The van der Waals surface area contributed by atoms with Crippen LogP contribution in [0.15, 0.2) is 16.6 Å². The van der Waals surface area contributed by atoms with E-state index in [1.165, 1.54) is 5.56 Å². The number of benzene rings is 1. The zero-order chi connectivity index (χ0) is 9.42. The molecule has 0 radical (unpaired) electrons. The van der Waals surface area contributed by atoms with Crippen molar-refractivity contribution in [3.63, 3.8) is 0 Å². The Bertz CT molecular complexity index is 338. The van der Waals surface area contributed by atoms with Gasteiger partial charge >= 0.3 is 0 Å². The van der Waals surface area contributed by atoms with Gasteiger partial charge in [0.2, 0.25) is 0 Å². The lowest BCUT2D eigenvalue weighted by Crippen LogP contribution is -2.17. The standard InChI is InChI=1S/C10H11BrFN/c11-8-4-6-2-1-3-10(13)7(6)5-9(8)12/h4-5,10H,1-3,13H2. The number of hydrogen-bond acceptors (Lipinski definition) is 1. The summed E-state index contributed by atoms with van der Waals surface area (Å²) in [7, 11) is 0. The van der Waals surface area contributed by atoms with E-state index in [0.717, 1.165) is 24.8 Å². The first kappa shape index (κ1) is 9.16. The number of nitrogens with two attached hydrogens (primary N) is 1. The van der Waals surface area contributed by atoms with Gasteiger partial charge in [-0.3, -0.25) is 0 Å². The van der Waals surface area contributed by atoms with Crippen LogP contribution < -0.4 is 5.73 Å². The summed E-state index contributed by atoms with van der Waals surface area (Å²) in [6.45, 7) is 0. The van der Waals surface area contributed by atoms with Gasteiger partial charge in [0.15, 0.2) is 0 Å². The second-order valence-electron chi connectivity index (χ2n) is 3.46. The average molecular weight is 244 g/mol. The minimum atomic E-state index is -0.212. The normalized spacial score (nSPS) is 21.3. The SMILES string of the molecule is NC1CCCc2cc(Br)c(F)cc21. The van der Waals surface area contributed by atoms with E-state index in [1.54, 1.807) is 6.07 Å². The lowest BCUT2D eigenvalue weighted by Gasteiger charge is -2.22. The van der Waals surface area contributed by atoms with Crippen LogP contribution in [0.1, 0.15) is 30.0 Å². The number of halogens is 2. The second-order valence-corrected chi connectivity index (χ2v) is 4.32. The fourth-order valence-corrected chi connectivity index (χ4v) is 2.22. The quantitative estimate of drug-likeness (QED) is 0.746. The van der Waals surface area contributed by atoms with Crippen LogP contribution in [0.3, 0.4) is 0 Å². The van der Waals surface area contributed by atoms with Crippen molar-refractivity contribution in [2.75, 3.05) is 0 Å². The molecule has 0 saturated heterocycles. The molecule has 2 N–H and O–H groups in total. The van der Waals surface area contributed by atoms with Crippen LogP contribution in [0.25, 0.3) is 0 Å². The second kappa shape index (κ2) is 3.39. The summed E-state index contributed by atoms with van der Waals surface area (Å²) in [6.07, 6.45) is 3.09. The van der Waals surface area contributed by atoms with E-state index in [4.69, 9.17) is 5.73 Å². The highest BCUT2D eigenvalue weighted by Crippen LogP contribution is 2.31. The van der Waals surface area contributed by atoms with Crippen molar-refractivity contribution >= 4 is 15.9 Å². The predicted octanol–water partition coefficient (Wildman–Crippen LogP) is 2.92. The van der Waals surface area contributed by atoms with Crippen molar-refractivity contribution < 1.29 is 4.39 Å². The summed E-state index contributed by atoms with van der Waals surface area (Å²) < 4.78 is 13.7. The Morgan fingerprint density at radius 2 is 2.23 bits per heavy atom. The maximum Gasteiger partial charge on any atom is 0.137 e. The van der Waals surface area contributed by atoms with Gasteiger partial charge in [0, 0.05) is 6.04 Å². The van der Waals surface area contributed by atoms with Crippen LogP contribution in [-0.2, 0) is 6.42 Å². The van der Waals surface area contributed by atoms with Gasteiger partial charge in [-0.15, -0.1) is 0 Å². The fourth-order valence-electron chi connectivity index (χ4n) is 1.83. The van der Waals surface area contributed by atoms with E-state index >= 15 is 0 Å². The van der Waals surface area contributed by atoms with E-state index in [2.05, 4.69) is 15.9 Å². The highest BCUT2D eigenvalue weighted by Gasteiger charge is 2.18. The monoisotopic (exact) mass is 243 g/mol. The Labute approximate surface area is 85.3 Å². The topological polar surface area (TPSA) is 26.0 Å². The van der Waals surface area contributed by atoms with Crippen LogP contribution in [0.2, 0.25) is 0 Å². The van der Waals surface area contributed by atoms with Crippen molar-refractivity contribution in [1.82, 2.24) is 0 Å². The Morgan fingerprint density at radius 1 is 1.46 bits per heavy atom. The van der Waals surface area contributed by atoms with E-state index < -0.39 is 0 Å². The zero-order valence-electron chi connectivity index (χ0n) is 7.19. The van der Waals surface area contributed by atoms with Gasteiger partial charge < -0.3 is 5.73 Å². The van der Waals surface area contributed by atoms with Gasteiger partial charge in [-0.25, -0.2) is 4.39 Å². The molecule has 1 aliphatic carbocycles. The van der Waals surface area contributed by atoms with E-state index in [9.17, 15) is 4.39 Å². The molecule has 0 amide bonds. The Kier molecular flexibility index (Phi) is 2.39. The van der Waals surface area contributed by atoms with E-state index in [0.29, 0.717) is 4.47 Å². The van der Waals surface area contributed by atoms with Gasteiger partial charge in [-0.1, -0.05) is 0 Å². The van der Waals surface area contributed by atoms with Crippen LogP contribution in [-0.4, -0.2) is 0 Å².